The van der Waals surface area contributed by atoms with Crippen molar-refractivity contribution in [3.63, 3.8) is 0 Å². The largest absolute Gasteiger partial charge is 0.481 e. The lowest BCUT2D eigenvalue weighted by Crippen LogP contribution is -2.45. The van der Waals surface area contributed by atoms with E-state index in [1.165, 1.54) is 12.1 Å². The molecule has 7 heteroatoms. The van der Waals surface area contributed by atoms with Crippen molar-refractivity contribution in [3.05, 3.63) is 95.1 Å². The lowest BCUT2D eigenvalue weighted by Gasteiger charge is -2.41. The van der Waals surface area contributed by atoms with Crippen LogP contribution in [0.25, 0.3) is 0 Å². The minimum absolute atomic E-state index is 0.0270. The van der Waals surface area contributed by atoms with Crippen LogP contribution < -0.4 is 10.1 Å². The van der Waals surface area contributed by atoms with E-state index in [0.717, 1.165) is 22.4 Å². The van der Waals surface area contributed by atoms with Crippen molar-refractivity contribution in [1.29, 1.82) is 0 Å². The molecule has 2 atom stereocenters. The van der Waals surface area contributed by atoms with Gasteiger partial charge in [0.25, 0.3) is 5.91 Å². The molecule has 0 saturated heterocycles. The van der Waals surface area contributed by atoms with Gasteiger partial charge in [-0.25, -0.2) is 4.39 Å². The van der Waals surface area contributed by atoms with Crippen LogP contribution in [0.2, 0.25) is 0 Å². The fourth-order valence-electron chi connectivity index (χ4n) is 4.60. The molecule has 0 unspecified atom stereocenters. The summed E-state index contributed by atoms with van der Waals surface area (Å²) < 4.78 is 19.9. The number of carbonyl (C=O) groups excluding carboxylic acids is 2. The van der Waals surface area contributed by atoms with Crippen LogP contribution >= 0.6 is 0 Å². The molecule has 0 fully saturated rings. The minimum Gasteiger partial charge on any atom is -0.481 e. The van der Waals surface area contributed by atoms with Gasteiger partial charge in [-0.05, 0) is 65.9 Å². The number of carbonyl (C=O) groups is 2. The lowest BCUT2D eigenvalue weighted by atomic mass is 9.85. The second-order valence-electron chi connectivity index (χ2n) is 10.4. The summed E-state index contributed by atoms with van der Waals surface area (Å²) in [6.07, 6.45) is 2.20. The highest BCUT2D eigenvalue weighted by Gasteiger charge is 2.37. The van der Waals surface area contributed by atoms with E-state index in [1.807, 2.05) is 69.0 Å². The zero-order chi connectivity index (χ0) is 26.6. The Morgan fingerprint density at radius 3 is 2.54 bits per heavy atom. The number of aromatic nitrogens is 1. The predicted molar refractivity (Wildman–Crippen MR) is 140 cm³/mol. The summed E-state index contributed by atoms with van der Waals surface area (Å²) >= 11 is 0. The number of ether oxygens (including phenoxy) is 1. The third-order valence-corrected chi connectivity index (χ3v) is 6.55. The van der Waals surface area contributed by atoms with E-state index in [1.54, 1.807) is 18.3 Å². The summed E-state index contributed by atoms with van der Waals surface area (Å²) in [7, 11) is 0. The average Bonchev–Trinajstić information content (AvgIpc) is 2.89. The summed E-state index contributed by atoms with van der Waals surface area (Å²) in [5, 5.41) is 2.90. The molecule has 2 heterocycles. The van der Waals surface area contributed by atoms with E-state index in [2.05, 4.69) is 10.3 Å². The van der Waals surface area contributed by atoms with Crippen molar-refractivity contribution in [3.8, 4) is 5.75 Å². The van der Waals surface area contributed by atoms with Crippen LogP contribution in [0.5, 0.6) is 5.75 Å². The van der Waals surface area contributed by atoms with Gasteiger partial charge in [-0.3, -0.25) is 14.6 Å². The molecule has 0 aliphatic carbocycles. The molecule has 1 aromatic heterocycles. The van der Waals surface area contributed by atoms with E-state index < -0.39 is 11.5 Å². The molecule has 4 rings (SSSR count). The Labute approximate surface area is 217 Å². The third-order valence-electron chi connectivity index (χ3n) is 6.55. The lowest BCUT2D eigenvalue weighted by molar-refractivity contribution is -0.141. The van der Waals surface area contributed by atoms with Crippen LogP contribution in [0, 0.1) is 11.2 Å². The van der Waals surface area contributed by atoms with Crippen LogP contribution in [-0.2, 0) is 22.6 Å². The smallest absolute Gasteiger partial charge is 0.261 e. The highest BCUT2D eigenvalue weighted by molar-refractivity contribution is 5.83. The number of hydrogen-bond donors (Lipinski definition) is 1. The van der Waals surface area contributed by atoms with Gasteiger partial charge in [0.2, 0.25) is 5.91 Å². The molecule has 0 saturated carbocycles. The summed E-state index contributed by atoms with van der Waals surface area (Å²) in [5.74, 6) is 0.0356. The van der Waals surface area contributed by atoms with Gasteiger partial charge < -0.3 is 15.0 Å². The zero-order valence-corrected chi connectivity index (χ0v) is 21.8. The molecule has 2 aromatic carbocycles. The Morgan fingerprint density at radius 1 is 1.14 bits per heavy atom. The van der Waals surface area contributed by atoms with Gasteiger partial charge in [0.1, 0.15) is 11.6 Å². The molecular weight excluding hydrogens is 469 g/mol. The van der Waals surface area contributed by atoms with Gasteiger partial charge in [0.05, 0.1) is 18.3 Å². The van der Waals surface area contributed by atoms with Crippen molar-refractivity contribution in [2.45, 2.75) is 59.2 Å². The topological polar surface area (TPSA) is 71.5 Å². The Balaban J connectivity index is 1.61. The highest BCUT2D eigenvalue weighted by Crippen LogP contribution is 2.39. The van der Waals surface area contributed by atoms with Crippen molar-refractivity contribution < 1.29 is 18.7 Å². The maximum Gasteiger partial charge on any atom is 0.261 e. The molecule has 1 aliphatic heterocycles. The van der Waals surface area contributed by atoms with E-state index in [4.69, 9.17) is 4.74 Å². The maximum absolute atomic E-state index is 13.7. The van der Waals surface area contributed by atoms with Crippen molar-refractivity contribution in [2.24, 2.45) is 5.41 Å². The normalized spacial score (nSPS) is 16.0. The number of hydrogen-bond acceptors (Lipinski definition) is 4. The second-order valence-corrected chi connectivity index (χ2v) is 10.4. The van der Waals surface area contributed by atoms with Gasteiger partial charge in [0.15, 0.2) is 6.10 Å². The second kappa shape index (κ2) is 11.1. The van der Waals surface area contributed by atoms with Crippen molar-refractivity contribution >= 4 is 11.8 Å². The molecule has 37 heavy (non-hydrogen) atoms. The van der Waals surface area contributed by atoms with Crippen LogP contribution in [-0.4, -0.2) is 34.3 Å². The van der Waals surface area contributed by atoms with E-state index in [-0.39, 0.29) is 23.7 Å². The average molecular weight is 504 g/mol. The molecule has 0 bridgehead atoms. The van der Waals surface area contributed by atoms with E-state index in [9.17, 15) is 14.0 Å². The molecule has 194 valence electrons. The molecule has 0 spiro atoms. The molecule has 1 N–H and O–H groups in total. The van der Waals surface area contributed by atoms with E-state index in [0.29, 0.717) is 31.7 Å². The standard InChI is InChI=1S/C30H34FN3O3/c1-5-26(28(35)33-19-23-8-6-7-16-32-23)37-24-14-11-20-15-17-34(29(36)30(2,3)4)27(25(20)18-24)21-9-12-22(31)13-10-21/h6-14,16,18,26-27H,5,15,17,19H2,1-4H3,(H,33,35)/t26-,27-/m0/s1. The van der Waals surface area contributed by atoms with Crippen LogP contribution in [0.4, 0.5) is 4.39 Å². The fourth-order valence-corrected chi connectivity index (χ4v) is 4.60. The first-order chi connectivity index (χ1) is 17.7. The number of pyridine rings is 1. The number of amides is 2. The predicted octanol–water partition coefficient (Wildman–Crippen LogP) is 5.21. The van der Waals surface area contributed by atoms with Gasteiger partial charge in [-0.2, -0.15) is 0 Å². The first-order valence-electron chi connectivity index (χ1n) is 12.7. The Bertz CT molecular complexity index is 1240. The summed E-state index contributed by atoms with van der Waals surface area (Å²) in [6.45, 7) is 8.50. The SMILES string of the molecule is CC[C@H](Oc1ccc2c(c1)[C@H](c1ccc(F)cc1)N(C(=O)C(C)(C)C)CC2)C(=O)NCc1ccccn1. The Hall–Kier alpha value is -3.74. The monoisotopic (exact) mass is 503 g/mol. The quantitative estimate of drug-likeness (QED) is 0.480. The fraction of sp³-hybridized carbons (Fsp3) is 0.367. The molecule has 3 aromatic rings. The maximum atomic E-state index is 13.7. The van der Waals surface area contributed by atoms with Crippen molar-refractivity contribution in [2.75, 3.05) is 6.54 Å². The van der Waals surface area contributed by atoms with Crippen molar-refractivity contribution in [1.82, 2.24) is 15.2 Å². The number of benzene rings is 2. The van der Waals surface area contributed by atoms with Gasteiger partial charge >= 0.3 is 0 Å². The summed E-state index contributed by atoms with van der Waals surface area (Å²) in [4.78, 5) is 32.4. The third kappa shape index (κ3) is 6.16. The molecule has 2 amide bonds. The van der Waals surface area contributed by atoms with Crippen LogP contribution in [0.1, 0.15) is 62.5 Å². The summed E-state index contributed by atoms with van der Waals surface area (Å²) in [6, 6.07) is 17.3. The van der Waals surface area contributed by atoms with Gasteiger partial charge in [-0.15, -0.1) is 0 Å². The number of nitrogens with one attached hydrogen (secondary N) is 1. The first kappa shape index (κ1) is 26.3. The molecule has 6 nitrogen and oxygen atoms in total. The molecule has 1 aliphatic rings. The Kier molecular flexibility index (Phi) is 7.91. The number of halogens is 1. The molecule has 0 radical (unpaired) electrons. The highest BCUT2D eigenvalue weighted by atomic mass is 19.1. The van der Waals surface area contributed by atoms with E-state index >= 15 is 0 Å². The van der Waals surface area contributed by atoms with Gasteiger partial charge in [-0.1, -0.05) is 52.0 Å². The molecular formula is C30H34FN3O3. The van der Waals surface area contributed by atoms with Crippen LogP contribution in [0.3, 0.4) is 0 Å². The number of nitrogens with zero attached hydrogens (tertiary/aromatic N) is 2. The zero-order valence-electron chi connectivity index (χ0n) is 21.8. The van der Waals surface area contributed by atoms with Crippen LogP contribution in [0.15, 0.2) is 66.9 Å². The first-order valence-corrected chi connectivity index (χ1v) is 12.7. The number of fused-ring (bicyclic) bond motifs is 1. The van der Waals surface area contributed by atoms with Gasteiger partial charge in [0, 0.05) is 18.2 Å². The summed E-state index contributed by atoms with van der Waals surface area (Å²) in [5.41, 5.74) is 3.06. The number of rotatable bonds is 7. The minimum atomic E-state index is -0.679. The Morgan fingerprint density at radius 2 is 1.89 bits per heavy atom.